The number of rotatable bonds is 6. The lowest BCUT2D eigenvalue weighted by molar-refractivity contribution is -0.124. The van der Waals surface area contributed by atoms with Gasteiger partial charge in [0.25, 0.3) is 5.91 Å². The molecule has 0 spiro atoms. The van der Waals surface area contributed by atoms with Gasteiger partial charge in [0, 0.05) is 0 Å². The van der Waals surface area contributed by atoms with E-state index in [0.717, 1.165) is 0 Å². The number of carbonyl (C=O) groups is 2. The topological polar surface area (TPSA) is 103 Å². The first kappa shape index (κ1) is 18.4. The van der Waals surface area contributed by atoms with Crippen molar-refractivity contribution in [2.75, 3.05) is 26.9 Å². The Morgan fingerprint density at radius 1 is 1.22 bits per heavy atom. The van der Waals surface area contributed by atoms with Crippen molar-refractivity contribution in [1.29, 1.82) is 0 Å². The van der Waals surface area contributed by atoms with E-state index in [-0.39, 0.29) is 24.0 Å². The maximum Gasteiger partial charge on any atom is 0.342 e. The average molecular weight is 373 g/mol. The third-order valence-electron chi connectivity index (χ3n) is 3.85. The third-order valence-corrected chi connectivity index (χ3v) is 3.85. The van der Waals surface area contributed by atoms with Crippen LogP contribution in [0.4, 0.5) is 0 Å². The van der Waals surface area contributed by atoms with E-state index in [0.29, 0.717) is 23.9 Å². The molecule has 1 aliphatic heterocycles. The molecule has 2 N–H and O–H groups in total. The second-order valence-corrected chi connectivity index (χ2v) is 5.76. The van der Waals surface area contributed by atoms with E-state index in [9.17, 15) is 14.7 Å². The smallest absolute Gasteiger partial charge is 0.342 e. The average Bonchev–Trinajstić information content (AvgIpc) is 2.70. The quantitative estimate of drug-likeness (QED) is 0.740. The van der Waals surface area contributed by atoms with Crippen molar-refractivity contribution in [3.8, 4) is 23.0 Å². The number of benzene rings is 2. The fourth-order valence-corrected chi connectivity index (χ4v) is 2.46. The molecule has 1 atom stereocenters. The Morgan fingerprint density at radius 2 is 2.00 bits per heavy atom. The van der Waals surface area contributed by atoms with E-state index in [1.807, 2.05) is 12.1 Å². The van der Waals surface area contributed by atoms with E-state index in [1.54, 1.807) is 12.1 Å². The van der Waals surface area contributed by atoms with Crippen LogP contribution in [0.15, 0.2) is 42.5 Å². The molecule has 3 rings (SSSR count). The van der Waals surface area contributed by atoms with Crippen LogP contribution < -0.4 is 19.5 Å². The molecule has 0 saturated carbocycles. The Kier molecular flexibility index (Phi) is 5.65. The van der Waals surface area contributed by atoms with Crippen LogP contribution in [0, 0.1) is 0 Å². The van der Waals surface area contributed by atoms with E-state index < -0.39 is 18.5 Å². The van der Waals surface area contributed by atoms with Crippen molar-refractivity contribution < 1.29 is 33.6 Å². The van der Waals surface area contributed by atoms with Crippen LogP contribution in [0.5, 0.6) is 23.0 Å². The number of fused-ring (bicyclic) bond motifs is 1. The summed E-state index contributed by atoms with van der Waals surface area (Å²) in [6.07, 6.45) is -0.345. The summed E-state index contributed by atoms with van der Waals surface area (Å²) in [5.74, 6) is 0.0857. The Morgan fingerprint density at radius 3 is 2.78 bits per heavy atom. The molecule has 1 unspecified atom stereocenters. The van der Waals surface area contributed by atoms with Gasteiger partial charge in [-0.05, 0) is 30.3 Å². The molecule has 0 fully saturated rings. The Bertz CT molecular complexity index is 837. The van der Waals surface area contributed by atoms with Crippen LogP contribution >= 0.6 is 0 Å². The van der Waals surface area contributed by atoms with Crippen LogP contribution in [0.25, 0.3) is 0 Å². The lowest BCUT2D eigenvalue weighted by Gasteiger charge is -2.26. The van der Waals surface area contributed by atoms with Crippen molar-refractivity contribution in [1.82, 2.24) is 5.32 Å². The van der Waals surface area contributed by atoms with E-state index in [4.69, 9.17) is 18.9 Å². The highest BCUT2D eigenvalue weighted by Gasteiger charge is 2.21. The summed E-state index contributed by atoms with van der Waals surface area (Å²) in [6, 6.07) is 11.4. The summed E-state index contributed by atoms with van der Waals surface area (Å²) in [5.41, 5.74) is -0.0808. The van der Waals surface area contributed by atoms with Gasteiger partial charge in [0.2, 0.25) is 0 Å². The van der Waals surface area contributed by atoms with E-state index in [1.165, 1.54) is 25.3 Å². The minimum Gasteiger partial charge on any atom is -0.507 e. The van der Waals surface area contributed by atoms with Gasteiger partial charge in [-0.2, -0.15) is 0 Å². The highest BCUT2D eigenvalue weighted by molar-refractivity contribution is 5.94. The highest BCUT2D eigenvalue weighted by atomic mass is 16.6. The zero-order valence-electron chi connectivity index (χ0n) is 14.6. The van der Waals surface area contributed by atoms with Crippen molar-refractivity contribution in [2.45, 2.75) is 6.10 Å². The van der Waals surface area contributed by atoms with Crippen molar-refractivity contribution >= 4 is 11.9 Å². The molecule has 1 aliphatic rings. The van der Waals surface area contributed by atoms with Crippen molar-refractivity contribution in [3.63, 3.8) is 0 Å². The third kappa shape index (κ3) is 4.60. The number of esters is 1. The number of carbonyl (C=O) groups excluding carboxylic acids is 2. The predicted molar refractivity (Wildman–Crippen MR) is 94.3 cm³/mol. The van der Waals surface area contributed by atoms with Crippen LogP contribution in [-0.2, 0) is 9.53 Å². The Balaban J connectivity index is 1.46. The summed E-state index contributed by atoms with van der Waals surface area (Å²) < 4.78 is 21.2. The normalized spacial score (nSPS) is 14.9. The fraction of sp³-hybridized carbons (Fsp3) is 0.263. The lowest BCUT2D eigenvalue weighted by atomic mass is 10.2. The Labute approximate surface area is 155 Å². The van der Waals surface area contributed by atoms with Gasteiger partial charge in [0.1, 0.15) is 29.8 Å². The van der Waals surface area contributed by atoms with Gasteiger partial charge >= 0.3 is 5.97 Å². The molecule has 0 saturated heterocycles. The number of hydrogen-bond donors (Lipinski definition) is 2. The minimum atomic E-state index is -0.826. The number of methoxy groups -OCH3 is 1. The van der Waals surface area contributed by atoms with Gasteiger partial charge < -0.3 is 29.4 Å². The number of amides is 1. The summed E-state index contributed by atoms with van der Waals surface area (Å²) in [6.45, 7) is 0.0174. The molecule has 2 aromatic carbocycles. The SMILES string of the molecule is COc1ccc(O)c(C(=O)OCC(=O)NCC2COc3ccccc3O2)c1. The minimum absolute atomic E-state index is 0.0808. The number of nitrogens with one attached hydrogen (secondary N) is 1. The van der Waals surface area contributed by atoms with Crippen LogP contribution in [-0.4, -0.2) is 50.0 Å². The van der Waals surface area contributed by atoms with Gasteiger partial charge in [-0.25, -0.2) is 4.79 Å². The molecule has 142 valence electrons. The standard InChI is InChI=1S/C19H19NO7/c1-24-12-6-7-15(21)14(8-12)19(23)26-11-18(22)20-9-13-10-25-16-4-2-3-5-17(16)27-13/h2-8,13,21H,9-11H2,1H3,(H,20,22). The Hall–Kier alpha value is -3.42. The molecule has 0 bridgehead atoms. The summed E-state index contributed by atoms with van der Waals surface area (Å²) >= 11 is 0. The molecular formula is C19H19NO7. The van der Waals surface area contributed by atoms with Crippen LogP contribution in [0.1, 0.15) is 10.4 Å². The number of para-hydroxylation sites is 2. The molecule has 0 aromatic heterocycles. The van der Waals surface area contributed by atoms with Gasteiger partial charge in [0.15, 0.2) is 18.1 Å². The van der Waals surface area contributed by atoms with Crippen LogP contribution in [0.3, 0.4) is 0 Å². The first-order valence-corrected chi connectivity index (χ1v) is 8.26. The largest absolute Gasteiger partial charge is 0.507 e. The van der Waals surface area contributed by atoms with Crippen molar-refractivity contribution in [3.05, 3.63) is 48.0 Å². The van der Waals surface area contributed by atoms with Crippen LogP contribution in [0.2, 0.25) is 0 Å². The number of phenols is 1. The van der Waals surface area contributed by atoms with Gasteiger partial charge in [-0.15, -0.1) is 0 Å². The molecule has 27 heavy (non-hydrogen) atoms. The number of hydrogen-bond acceptors (Lipinski definition) is 7. The zero-order chi connectivity index (χ0) is 19.2. The summed E-state index contributed by atoms with van der Waals surface area (Å²) in [4.78, 5) is 23.9. The van der Waals surface area contributed by atoms with E-state index >= 15 is 0 Å². The zero-order valence-corrected chi connectivity index (χ0v) is 14.6. The molecule has 1 heterocycles. The maximum atomic E-state index is 12.0. The second kappa shape index (κ2) is 8.31. The highest BCUT2D eigenvalue weighted by Crippen LogP contribution is 2.30. The molecule has 2 aromatic rings. The van der Waals surface area contributed by atoms with Gasteiger partial charge in [-0.3, -0.25) is 4.79 Å². The molecular weight excluding hydrogens is 354 g/mol. The monoisotopic (exact) mass is 373 g/mol. The number of phenolic OH excluding ortho intramolecular Hbond substituents is 1. The van der Waals surface area contributed by atoms with E-state index in [2.05, 4.69) is 5.32 Å². The molecule has 8 nitrogen and oxygen atoms in total. The lowest BCUT2D eigenvalue weighted by Crippen LogP contribution is -2.42. The van der Waals surface area contributed by atoms with Crippen molar-refractivity contribution in [2.24, 2.45) is 0 Å². The van der Waals surface area contributed by atoms with Gasteiger partial charge in [-0.1, -0.05) is 12.1 Å². The van der Waals surface area contributed by atoms with Gasteiger partial charge in [0.05, 0.1) is 13.7 Å². The first-order chi connectivity index (χ1) is 13.1. The maximum absolute atomic E-state index is 12.0. The molecule has 0 aliphatic carbocycles. The molecule has 1 amide bonds. The molecule has 0 radical (unpaired) electrons. The first-order valence-electron chi connectivity index (χ1n) is 8.26. The second-order valence-electron chi connectivity index (χ2n) is 5.76. The fourth-order valence-electron chi connectivity index (χ4n) is 2.46. The predicted octanol–water partition coefficient (Wildman–Crippen LogP) is 1.51. The number of ether oxygens (including phenoxy) is 4. The summed E-state index contributed by atoms with van der Waals surface area (Å²) in [7, 11) is 1.43. The summed E-state index contributed by atoms with van der Waals surface area (Å²) in [5, 5.41) is 12.4. The molecule has 8 heteroatoms. The number of aromatic hydroxyl groups is 1.